The molecule has 0 saturated carbocycles. The van der Waals surface area contributed by atoms with Crippen LogP contribution in [0.15, 0.2) is 36.2 Å². The highest BCUT2D eigenvalue weighted by Crippen LogP contribution is 2.57. The molecule has 11 nitrogen and oxygen atoms in total. The van der Waals surface area contributed by atoms with Gasteiger partial charge in [0.25, 0.3) is 0 Å². The summed E-state index contributed by atoms with van der Waals surface area (Å²) in [7, 11) is -3.91. The highest BCUT2D eigenvalue weighted by Gasteiger charge is 2.54. The summed E-state index contributed by atoms with van der Waals surface area (Å²) in [6.45, 7) is 1.34. The molecule has 2 fully saturated rings. The van der Waals surface area contributed by atoms with E-state index in [4.69, 9.17) is 24.0 Å². The van der Waals surface area contributed by atoms with Gasteiger partial charge in [-0.25, -0.2) is 14.5 Å². The van der Waals surface area contributed by atoms with Crippen LogP contribution in [0.25, 0.3) is 10.9 Å². The van der Waals surface area contributed by atoms with Crippen LogP contribution in [0.5, 0.6) is 0 Å². The van der Waals surface area contributed by atoms with Gasteiger partial charge < -0.3 is 20.7 Å². The number of nitrogens with zero attached hydrogens (tertiary/aromatic N) is 3. The van der Waals surface area contributed by atoms with Gasteiger partial charge in [0.15, 0.2) is 0 Å². The highest BCUT2D eigenvalue weighted by atomic mass is 32.1. The Bertz CT molecular complexity index is 1190. The fourth-order valence-electron chi connectivity index (χ4n) is 4.01. The molecule has 0 amide bonds. The topological polar surface area (TPSA) is 159 Å². The lowest BCUT2D eigenvalue weighted by molar-refractivity contribution is -0.0630. The van der Waals surface area contributed by atoms with Gasteiger partial charge in [0.05, 0.1) is 35.1 Å². The van der Waals surface area contributed by atoms with Gasteiger partial charge >= 0.3 is 7.82 Å². The molecule has 1 unspecified atom stereocenters. The van der Waals surface area contributed by atoms with Crippen molar-refractivity contribution in [1.29, 1.82) is 0 Å². The molecule has 0 bridgehead atoms. The fourth-order valence-corrected chi connectivity index (χ4v) is 6.57. The third kappa shape index (κ3) is 4.17. The van der Waals surface area contributed by atoms with Crippen molar-refractivity contribution in [2.75, 3.05) is 18.9 Å². The molecule has 33 heavy (non-hydrogen) atoms. The number of anilines is 1. The number of nitrogens with two attached hydrogens (primary N) is 1. The van der Waals surface area contributed by atoms with E-state index in [0.29, 0.717) is 28.0 Å². The number of pyridine rings is 1. The summed E-state index contributed by atoms with van der Waals surface area (Å²) >= 11 is 1.30. The summed E-state index contributed by atoms with van der Waals surface area (Å²) in [6.07, 6.45) is 1.39. The first kappa shape index (κ1) is 22.8. The Labute approximate surface area is 193 Å². The van der Waals surface area contributed by atoms with E-state index in [2.05, 4.69) is 15.0 Å². The number of aliphatic hydroxyl groups is 2. The molecule has 5 heterocycles. The van der Waals surface area contributed by atoms with E-state index in [1.165, 1.54) is 24.6 Å². The number of aliphatic hydroxyl groups excluding tert-OH is 1. The monoisotopic (exact) mass is 494 g/mol. The number of hydrogen-bond acceptors (Lipinski definition) is 12. The minimum absolute atomic E-state index is 0.182. The van der Waals surface area contributed by atoms with Crippen molar-refractivity contribution in [1.82, 2.24) is 15.0 Å². The van der Waals surface area contributed by atoms with Gasteiger partial charge in [0.1, 0.15) is 36.1 Å². The van der Waals surface area contributed by atoms with Crippen LogP contribution >= 0.6 is 19.2 Å². The third-order valence-electron chi connectivity index (χ3n) is 5.84. The zero-order valence-corrected chi connectivity index (χ0v) is 19.3. The lowest BCUT2D eigenvalue weighted by atomic mass is 9.92. The second-order valence-corrected chi connectivity index (χ2v) is 10.6. The number of ether oxygens (including phenoxy) is 1. The Morgan fingerprint density at radius 3 is 2.94 bits per heavy atom. The summed E-state index contributed by atoms with van der Waals surface area (Å²) in [5.74, 6) is 0.314. The summed E-state index contributed by atoms with van der Waals surface area (Å²) in [5.41, 5.74) is 5.60. The first-order chi connectivity index (χ1) is 15.8. The molecular formula is C20H23N4O7PS. The van der Waals surface area contributed by atoms with Crippen LogP contribution in [0.2, 0.25) is 0 Å². The summed E-state index contributed by atoms with van der Waals surface area (Å²) in [5, 5.41) is 24.2. The Morgan fingerprint density at radius 1 is 1.36 bits per heavy atom. The van der Waals surface area contributed by atoms with Gasteiger partial charge in [0.2, 0.25) is 0 Å². The molecule has 0 radical (unpaired) electrons. The molecule has 0 aromatic carbocycles. The highest BCUT2D eigenvalue weighted by molar-refractivity contribution is 7.48. The lowest BCUT2D eigenvalue weighted by Crippen LogP contribution is -2.43. The number of thiophene rings is 1. The zero-order valence-electron chi connectivity index (χ0n) is 17.6. The van der Waals surface area contributed by atoms with E-state index < -0.39 is 37.8 Å². The van der Waals surface area contributed by atoms with Crippen molar-refractivity contribution in [2.24, 2.45) is 0 Å². The van der Waals surface area contributed by atoms with Gasteiger partial charge in [0, 0.05) is 24.2 Å². The molecule has 3 aromatic rings. The van der Waals surface area contributed by atoms with Gasteiger partial charge in [-0.3, -0.25) is 18.6 Å². The summed E-state index contributed by atoms with van der Waals surface area (Å²) < 4.78 is 35.5. The zero-order chi connectivity index (χ0) is 23.2. The van der Waals surface area contributed by atoms with Crippen molar-refractivity contribution in [2.45, 2.75) is 43.4 Å². The number of phosphoric ester groups is 1. The van der Waals surface area contributed by atoms with Crippen molar-refractivity contribution in [3.8, 4) is 0 Å². The average molecular weight is 494 g/mol. The Balaban J connectivity index is 1.31. The van der Waals surface area contributed by atoms with Crippen LogP contribution in [0.1, 0.15) is 36.0 Å². The minimum atomic E-state index is -3.91. The second-order valence-electron chi connectivity index (χ2n) is 8.09. The van der Waals surface area contributed by atoms with Crippen molar-refractivity contribution >= 4 is 35.9 Å². The second kappa shape index (κ2) is 8.64. The van der Waals surface area contributed by atoms with E-state index in [1.807, 2.05) is 0 Å². The smallest absolute Gasteiger partial charge is 0.387 e. The first-order valence-electron chi connectivity index (χ1n) is 10.3. The molecule has 2 aliphatic rings. The molecule has 13 heteroatoms. The van der Waals surface area contributed by atoms with Gasteiger partial charge in [-0.15, -0.1) is 11.3 Å². The molecule has 0 spiro atoms. The predicted molar refractivity (Wildman–Crippen MR) is 118 cm³/mol. The van der Waals surface area contributed by atoms with E-state index in [0.717, 1.165) is 5.56 Å². The number of phosphoric acid groups is 1. The van der Waals surface area contributed by atoms with Crippen LogP contribution in [0.3, 0.4) is 0 Å². The normalized spacial score (nSPS) is 34.6. The molecule has 2 saturated heterocycles. The maximum absolute atomic E-state index is 13.1. The molecule has 4 N–H and O–H groups in total. The van der Waals surface area contributed by atoms with Crippen molar-refractivity contribution in [3.05, 3.63) is 46.7 Å². The third-order valence-corrected chi connectivity index (χ3v) is 8.33. The maximum atomic E-state index is 13.1. The van der Waals surface area contributed by atoms with Crippen LogP contribution in [-0.2, 0) is 22.9 Å². The van der Waals surface area contributed by atoms with E-state index in [9.17, 15) is 14.8 Å². The molecule has 2 aliphatic heterocycles. The number of aromatic nitrogens is 3. The molecule has 5 rings (SSSR count). The molecule has 176 valence electrons. The quantitative estimate of drug-likeness (QED) is 0.447. The number of nitrogen functional groups attached to an aromatic ring is 1. The van der Waals surface area contributed by atoms with E-state index >= 15 is 0 Å². The predicted octanol–water partition coefficient (Wildman–Crippen LogP) is 2.52. The van der Waals surface area contributed by atoms with Crippen molar-refractivity contribution < 1.29 is 33.1 Å². The summed E-state index contributed by atoms with van der Waals surface area (Å²) in [4.78, 5) is 12.8. The molecule has 3 aromatic heterocycles. The van der Waals surface area contributed by atoms with Gasteiger partial charge in [-0.05, 0) is 24.6 Å². The number of hydrogen-bond donors (Lipinski definition) is 3. The Morgan fingerprint density at radius 2 is 2.15 bits per heavy atom. The van der Waals surface area contributed by atoms with E-state index in [-0.39, 0.29) is 13.2 Å². The van der Waals surface area contributed by atoms with Gasteiger partial charge in [-0.2, -0.15) is 0 Å². The maximum Gasteiger partial charge on any atom is 0.475 e. The minimum Gasteiger partial charge on any atom is -0.387 e. The first-order valence-corrected chi connectivity index (χ1v) is 12.6. The standard InChI is InChI=1S/C20H23N4O7PS/c1-20(26)17(25)14(30-18(20)16-15-12(9-33-16)19(21)24-10-23-15)8-29-32(27)28-7-4-13(31-32)11-2-5-22-6-3-11/h2-3,5-6,9-10,13-14,17-18,25-26H,4,7-8H2,1H3,(H2,21,23,24)/t13-,14+,17+,18-,20+,32?/m0/s1. The Hall–Kier alpha value is -2.02. The average Bonchev–Trinajstić information content (AvgIpc) is 3.33. The molecule has 6 atom stereocenters. The van der Waals surface area contributed by atoms with Gasteiger partial charge in [-0.1, -0.05) is 0 Å². The summed E-state index contributed by atoms with van der Waals surface area (Å²) in [6, 6.07) is 3.54. The van der Waals surface area contributed by atoms with Crippen LogP contribution < -0.4 is 5.73 Å². The molecule has 0 aliphatic carbocycles. The number of rotatable bonds is 5. The van der Waals surface area contributed by atoms with Crippen molar-refractivity contribution in [3.63, 3.8) is 0 Å². The van der Waals surface area contributed by atoms with Crippen LogP contribution in [0, 0.1) is 0 Å². The largest absolute Gasteiger partial charge is 0.475 e. The Kier molecular flexibility index (Phi) is 5.96. The SMILES string of the molecule is C[C@@]1(O)[C@H](O)[C@@H](COP2(=O)OCC[C@@H](c3ccncc3)O2)O[C@H]1c1scc2c(N)ncnc12. The lowest BCUT2D eigenvalue weighted by Gasteiger charge is -2.30. The number of fused-ring (bicyclic) bond motifs is 1. The van der Waals surface area contributed by atoms with E-state index in [1.54, 1.807) is 29.9 Å². The fraction of sp³-hybridized carbons (Fsp3) is 0.450. The molecular weight excluding hydrogens is 471 g/mol. The van der Waals surface area contributed by atoms with Crippen LogP contribution in [0.4, 0.5) is 5.82 Å². The van der Waals surface area contributed by atoms with Crippen LogP contribution in [-0.4, -0.2) is 56.2 Å².